The molecule has 0 saturated carbocycles. The standard InChI is InChI=1S/C23H27N3O3/c1-17-7-9-18(10-8-17)21(27)15-23(29)19-5-3-4-6-20(19)26(22(23)28)16-25-13-11-24(2)12-14-25/h3-10,29H,11-16H2,1-2H3/t23-/m0/s1. The zero-order chi connectivity index (χ0) is 20.6. The van der Waals surface area contributed by atoms with E-state index in [1.165, 1.54) is 0 Å². The van der Waals surface area contributed by atoms with Gasteiger partial charge in [0.1, 0.15) is 0 Å². The molecule has 152 valence electrons. The molecule has 6 nitrogen and oxygen atoms in total. The van der Waals surface area contributed by atoms with Crippen LogP contribution >= 0.6 is 0 Å². The number of benzene rings is 2. The minimum absolute atomic E-state index is 0.239. The fraction of sp³-hybridized carbons (Fsp3) is 0.391. The van der Waals surface area contributed by atoms with Crippen LogP contribution in [0.3, 0.4) is 0 Å². The van der Waals surface area contributed by atoms with Crippen LogP contribution in [-0.4, -0.2) is 66.5 Å². The van der Waals surface area contributed by atoms with Crippen molar-refractivity contribution in [2.45, 2.75) is 18.9 Å². The van der Waals surface area contributed by atoms with Crippen LogP contribution in [0.15, 0.2) is 48.5 Å². The zero-order valence-corrected chi connectivity index (χ0v) is 17.0. The molecule has 2 aromatic rings. The first-order valence-corrected chi connectivity index (χ1v) is 10.0. The average molecular weight is 393 g/mol. The van der Waals surface area contributed by atoms with Crippen molar-refractivity contribution in [2.75, 3.05) is 44.8 Å². The van der Waals surface area contributed by atoms with E-state index in [4.69, 9.17) is 0 Å². The Morgan fingerprint density at radius 2 is 1.69 bits per heavy atom. The Bertz CT molecular complexity index is 919. The molecule has 2 aliphatic heterocycles. The van der Waals surface area contributed by atoms with E-state index >= 15 is 0 Å². The van der Waals surface area contributed by atoms with Gasteiger partial charge < -0.3 is 10.0 Å². The summed E-state index contributed by atoms with van der Waals surface area (Å²) in [5.74, 6) is -0.657. The van der Waals surface area contributed by atoms with Crippen LogP contribution in [0.1, 0.15) is 27.9 Å². The first kappa shape index (κ1) is 19.8. The number of carbonyl (C=O) groups is 2. The van der Waals surface area contributed by atoms with Crippen molar-refractivity contribution in [1.82, 2.24) is 9.80 Å². The first-order chi connectivity index (χ1) is 13.9. The number of amides is 1. The molecule has 2 aliphatic rings. The van der Waals surface area contributed by atoms with E-state index in [0.29, 0.717) is 23.5 Å². The molecule has 0 aromatic heterocycles. The Hall–Kier alpha value is -2.54. The van der Waals surface area contributed by atoms with Gasteiger partial charge in [0.2, 0.25) is 0 Å². The van der Waals surface area contributed by atoms with Gasteiger partial charge in [0.05, 0.1) is 18.8 Å². The van der Waals surface area contributed by atoms with E-state index in [2.05, 4.69) is 16.8 Å². The van der Waals surface area contributed by atoms with Crippen LogP contribution in [-0.2, 0) is 10.4 Å². The molecule has 29 heavy (non-hydrogen) atoms. The zero-order valence-electron chi connectivity index (χ0n) is 17.0. The molecule has 1 atom stereocenters. The molecule has 0 bridgehead atoms. The van der Waals surface area contributed by atoms with Gasteiger partial charge in [0, 0.05) is 37.3 Å². The van der Waals surface area contributed by atoms with E-state index in [1.54, 1.807) is 29.2 Å². The summed E-state index contributed by atoms with van der Waals surface area (Å²) in [7, 11) is 2.09. The number of fused-ring (bicyclic) bond motifs is 1. The summed E-state index contributed by atoms with van der Waals surface area (Å²) < 4.78 is 0. The second kappa shape index (κ2) is 7.71. The minimum Gasteiger partial charge on any atom is -0.375 e. The van der Waals surface area contributed by atoms with Crippen molar-refractivity contribution in [2.24, 2.45) is 0 Å². The SMILES string of the molecule is Cc1ccc(C(=O)C[C@@]2(O)C(=O)N(CN3CCN(C)CC3)c3ccccc32)cc1. The molecular formula is C23H27N3O3. The molecule has 0 radical (unpaired) electrons. The highest BCUT2D eigenvalue weighted by molar-refractivity contribution is 6.10. The van der Waals surface area contributed by atoms with Gasteiger partial charge in [0.25, 0.3) is 5.91 Å². The lowest BCUT2D eigenvalue weighted by atomic mass is 9.88. The maximum absolute atomic E-state index is 13.3. The third-order valence-corrected chi connectivity index (χ3v) is 5.97. The topological polar surface area (TPSA) is 64.1 Å². The number of Topliss-reactive ketones (excluding diaryl/α,β-unsaturated/α-hetero) is 1. The first-order valence-electron chi connectivity index (χ1n) is 10.0. The van der Waals surface area contributed by atoms with E-state index < -0.39 is 11.5 Å². The Kier molecular flexibility index (Phi) is 5.25. The normalized spacial score (nSPS) is 22.7. The van der Waals surface area contributed by atoms with E-state index in [0.717, 1.165) is 31.7 Å². The lowest BCUT2D eigenvalue weighted by Crippen LogP contribution is -2.51. The Labute approximate surface area is 171 Å². The van der Waals surface area contributed by atoms with E-state index in [-0.39, 0.29) is 12.2 Å². The molecule has 0 spiro atoms. The van der Waals surface area contributed by atoms with E-state index in [9.17, 15) is 14.7 Å². The summed E-state index contributed by atoms with van der Waals surface area (Å²) in [5, 5.41) is 11.4. The number of aliphatic hydroxyl groups is 1. The molecule has 0 aliphatic carbocycles. The largest absolute Gasteiger partial charge is 0.375 e. The van der Waals surface area contributed by atoms with Crippen LogP contribution in [0.2, 0.25) is 0 Å². The summed E-state index contributed by atoms with van der Waals surface area (Å²) in [6.45, 7) is 5.99. The van der Waals surface area contributed by atoms with Gasteiger partial charge in [-0.15, -0.1) is 0 Å². The van der Waals surface area contributed by atoms with Gasteiger partial charge in [-0.05, 0) is 20.0 Å². The highest BCUT2D eigenvalue weighted by Gasteiger charge is 2.51. The molecule has 1 amide bonds. The third-order valence-electron chi connectivity index (χ3n) is 5.97. The van der Waals surface area contributed by atoms with Gasteiger partial charge in [-0.25, -0.2) is 0 Å². The fourth-order valence-corrected chi connectivity index (χ4v) is 4.08. The summed E-state index contributed by atoms with van der Waals surface area (Å²) >= 11 is 0. The predicted molar refractivity (Wildman–Crippen MR) is 112 cm³/mol. The highest BCUT2D eigenvalue weighted by atomic mass is 16.3. The monoisotopic (exact) mass is 393 g/mol. The second-order valence-electron chi connectivity index (χ2n) is 8.14. The number of rotatable bonds is 5. The number of para-hydroxylation sites is 1. The Morgan fingerprint density at radius 1 is 1.03 bits per heavy atom. The molecule has 0 unspecified atom stereocenters. The number of likely N-dealkylation sites (N-methyl/N-ethyl adjacent to an activating group) is 1. The van der Waals surface area contributed by atoms with Gasteiger partial charge >= 0.3 is 0 Å². The summed E-state index contributed by atoms with van der Waals surface area (Å²) in [6, 6.07) is 14.5. The maximum atomic E-state index is 13.3. The quantitative estimate of drug-likeness (QED) is 0.788. The van der Waals surface area contributed by atoms with Crippen molar-refractivity contribution in [3.05, 3.63) is 65.2 Å². The predicted octanol–water partition coefficient (Wildman–Crippen LogP) is 2.01. The number of anilines is 1. The molecule has 1 saturated heterocycles. The van der Waals surface area contributed by atoms with Crippen LogP contribution < -0.4 is 4.90 Å². The van der Waals surface area contributed by atoms with Crippen molar-refractivity contribution in [1.29, 1.82) is 0 Å². The molecule has 1 N–H and O–H groups in total. The Balaban J connectivity index is 1.59. The highest BCUT2D eigenvalue weighted by Crippen LogP contribution is 2.42. The van der Waals surface area contributed by atoms with Gasteiger partial charge in [0.15, 0.2) is 11.4 Å². The maximum Gasteiger partial charge on any atom is 0.265 e. The van der Waals surface area contributed by atoms with Gasteiger partial charge in [-0.1, -0.05) is 48.0 Å². The van der Waals surface area contributed by atoms with Gasteiger partial charge in [-0.2, -0.15) is 0 Å². The third kappa shape index (κ3) is 3.71. The summed E-state index contributed by atoms with van der Waals surface area (Å²) in [4.78, 5) is 32.3. The minimum atomic E-state index is -1.83. The number of hydrogen-bond acceptors (Lipinski definition) is 5. The fourth-order valence-electron chi connectivity index (χ4n) is 4.08. The lowest BCUT2D eigenvalue weighted by Gasteiger charge is -2.35. The van der Waals surface area contributed by atoms with Crippen LogP contribution in [0.25, 0.3) is 0 Å². The summed E-state index contributed by atoms with van der Waals surface area (Å²) in [6.07, 6.45) is -0.259. The number of nitrogens with zero attached hydrogens (tertiary/aromatic N) is 3. The molecular weight excluding hydrogens is 366 g/mol. The number of ketones is 1. The van der Waals surface area contributed by atoms with Crippen molar-refractivity contribution in [3.63, 3.8) is 0 Å². The van der Waals surface area contributed by atoms with Gasteiger partial charge in [-0.3, -0.25) is 19.4 Å². The number of piperazine rings is 1. The second-order valence-corrected chi connectivity index (χ2v) is 8.14. The van der Waals surface area contributed by atoms with Crippen LogP contribution in [0, 0.1) is 6.92 Å². The summed E-state index contributed by atoms with van der Waals surface area (Å²) in [5.41, 5.74) is 0.938. The lowest BCUT2D eigenvalue weighted by molar-refractivity contribution is -0.136. The van der Waals surface area contributed by atoms with Crippen molar-refractivity contribution < 1.29 is 14.7 Å². The average Bonchev–Trinajstić information content (AvgIpc) is 2.92. The number of aryl methyl sites for hydroxylation is 1. The Morgan fingerprint density at radius 3 is 2.38 bits per heavy atom. The smallest absolute Gasteiger partial charge is 0.265 e. The van der Waals surface area contributed by atoms with Crippen LogP contribution in [0.4, 0.5) is 5.69 Å². The van der Waals surface area contributed by atoms with Crippen LogP contribution in [0.5, 0.6) is 0 Å². The molecule has 6 heteroatoms. The molecule has 2 aromatic carbocycles. The number of carbonyl (C=O) groups excluding carboxylic acids is 2. The van der Waals surface area contributed by atoms with Crippen molar-refractivity contribution >= 4 is 17.4 Å². The molecule has 1 fully saturated rings. The molecule has 2 heterocycles. The van der Waals surface area contributed by atoms with E-state index in [1.807, 2.05) is 31.2 Å². The number of hydrogen-bond donors (Lipinski definition) is 1. The van der Waals surface area contributed by atoms with Crippen molar-refractivity contribution in [3.8, 4) is 0 Å². The molecule has 4 rings (SSSR count).